The van der Waals surface area contributed by atoms with Crippen LogP contribution in [0.4, 0.5) is 22.4 Å². The van der Waals surface area contributed by atoms with E-state index in [9.17, 15) is 27.2 Å². The van der Waals surface area contributed by atoms with Crippen LogP contribution in [0.1, 0.15) is 64.8 Å². The lowest BCUT2D eigenvalue weighted by atomic mass is 9.75. The third kappa shape index (κ3) is 7.44. The Morgan fingerprint density at radius 1 is 1.08 bits per heavy atom. The molecule has 50 heavy (non-hydrogen) atoms. The minimum absolute atomic E-state index is 0.181. The SMILES string of the molecule is CC(C)(C)C[C@]1(c2ccc(-c3cnn(C(F)F)c3)cc2)N=C(N)N([C@H](COC(=O)NC(C)(C)C(F)F)c2ccc(Cl)c(-c3ncn[nH]3)c2)C1=O. The van der Waals surface area contributed by atoms with E-state index >= 15 is 0 Å². The molecule has 2 amide bonds. The molecule has 0 saturated heterocycles. The predicted octanol–water partition coefficient (Wildman–Crippen LogP) is 6.68. The number of carbonyl (C=O) groups is 2. The van der Waals surface area contributed by atoms with Gasteiger partial charge in [0.05, 0.1) is 22.8 Å². The van der Waals surface area contributed by atoms with Crippen LogP contribution >= 0.6 is 11.6 Å². The second kappa shape index (κ2) is 13.7. The Bertz CT molecular complexity index is 1880. The molecule has 0 aliphatic carbocycles. The van der Waals surface area contributed by atoms with Crippen LogP contribution in [-0.4, -0.2) is 66.4 Å². The van der Waals surface area contributed by atoms with Gasteiger partial charge in [-0.1, -0.05) is 62.7 Å². The molecule has 17 heteroatoms. The first-order valence-electron chi connectivity index (χ1n) is 15.4. The summed E-state index contributed by atoms with van der Waals surface area (Å²) < 4.78 is 59.3. The number of alkyl halides is 4. The van der Waals surface area contributed by atoms with Crippen molar-refractivity contribution in [1.29, 1.82) is 0 Å². The molecule has 3 heterocycles. The number of benzene rings is 2. The number of nitrogens with one attached hydrogen (secondary N) is 2. The highest BCUT2D eigenvalue weighted by Gasteiger charge is 2.53. The van der Waals surface area contributed by atoms with Gasteiger partial charge in [0.1, 0.15) is 12.9 Å². The summed E-state index contributed by atoms with van der Waals surface area (Å²) in [6, 6.07) is 10.4. The van der Waals surface area contributed by atoms with Crippen molar-refractivity contribution >= 4 is 29.6 Å². The quantitative estimate of drug-likeness (QED) is 0.146. The molecule has 4 aromatic rings. The number of halogens is 5. The number of aliphatic imine (C=N–C) groups is 1. The maximum Gasteiger partial charge on any atom is 0.407 e. The van der Waals surface area contributed by atoms with Gasteiger partial charge in [0.15, 0.2) is 17.3 Å². The summed E-state index contributed by atoms with van der Waals surface area (Å²) in [7, 11) is 0. The van der Waals surface area contributed by atoms with Crippen LogP contribution in [-0.2, 0) is 15.1 Å². The number of hydrogen-bond acceptors (Lipinski definition) is 8. The molecule has 2 atom stereocenters. The van der Waals surface area contributed by atoms with E-state index in [1.807, 2.05) is 20.8 Å². The van der Waals surface area contributed by atoms with E-state index in [1.54, 1.807) is 42.5 Å². The minimum Gasteiger partial charge on any atom is -0.447 e. The average Bonchev–Trinajstić information content (AvgIpc) is 3.79. The Labute approximate surface area is 290 Å². The molecule has 0 radical (unpaired) electrons. The Balaban J connectivity index is 1.56. The number of ether oxygens (including phenoxy) is 1. The normalized spacial score (nSPS) is 17.4. The van der Waals surface area contributed by atoms with Gasteiger partial charge in [0.2, 0.25) is 0 Å². The van der Waals surface area contributed by atoms with Crippen molar-refractivity contribution in [1.82, 2.24) is 35.2 Å². The van der Waals surface area contributed by atoms with Crippen LogP contribution in [0.15, 0.2) is 66.2 Å². The van der Waals surface area contributed by atoms with Crippen LogP contribution in [0.2, 0.25) is 5.02 Å². The molecule has 5 rings (SSSR count). The third-order valence-electron chi connectivity index (χ3n) is 8.11. The molecule has 266 valence electrons. The van der Waals surface area contributed by atoms with Gasteiger partial charge in [0.25, 0.3) is 12.3 Å². The number of nitrogens with zero attached hydrogens (tertiary/aromatic N) is 6. The Kier molecular flexibility index (Phi) is 9.96. The van der Waals surface area contributed by atoms with Crippen molar-refractivity contribution in [3.63, 3.8) is 0 Å². The zero-order valence-electron chi connectivity index (χ0n) is 27.8. The summed E-state index contributed by atoms with van der Waals surface area (Å²) in [5.41, 5.74) is 4.97. The largest absolute Gasteiger partial charge is 0.447 e. The lowest BCUT2D eigenvalue weighted by molar-refractivity contribution is -0.135. The minimum atomic E-state index is -2.89. The first-order valence-corrected chi connectivity index (χ1v) is 15.8. The van der Waals surface area contributed by atoms with E-state index in [2.05, 4.69) is 25.6 Å². The number of aromatic amines is 1. The lowest BCUT2D eigenvalue weighted by Crippen LogP contribution is -2.50. The van der Waals surface area contributed by atoms with Gasteiger partial charge in [-0.2, -0.15) is 19.0 Å². The molecule has 0 spiro atoms. The fraction of sp³-hybridized carbons (Fsp3) is 0.394. The molecule has 2 aromatic carbocycles. The highest BCUT2D eigenvalue weighted by Crippen LogP contribution is 2.45. The van der Waals surface area contributed by atoms with Gasteiger partial charge in [-0.3, -0.25) is 14.8 Å². The highest BCUT2D eigenvalue weighted by atomic mass is 35.5. The molecule has 0 saturated carbocycles. The third-order valence-corrected chi connectivity index (χ3v) is 8.44. The van der Waals surface area contributed by atoms with Crippen LogP contribution in [0.25, 0.3) is 22.5 Å². The molecule has 4 N–H and O–H groups in total. The van der Waals surface area contributed by atoms with Crippen LogP contribution in [0.5, 0.6) is 0 Å². The van der Waals surface area contributed by atoms with Crippen LogP contribution in [0.3, 0.4) is 0 Å². The number of H-pyrrole nitrogens is 1. The summed E-state index contributed by atoms with van der Waals surface area (Å²) in [6.07, 6.45) is -0.0182. The smallest absolute Gasteiger partial charge is 0.407 e. The van der Waals surface area contributed by atoms with Gasteiger partial charge in [-0.25, -0.2) is 28.2 Å². The summed E-state index contributed by atoms with van der Waals surface area (Å²) >= 11 is 6.49. The maximum atomic E-state index is 14.8. The van der Waals surface area contributed by atoms with Gasteiger partial charge in [0, 0.05) is 17.3 Å². The second-order valence-corrected chi connectivity index (χ2v) is 14.0. The van der Waals surface area contributed by atoms with E-state index in [-0.39, 0.29) is 12.4 Å². The first-order chi connectivity index (χ1) is 23.4. The van der Waals surface area contributed by atoms with Gasteiger partial charge in [-0.15, -0.1) is 0 Å². The molecule has 12 nitrogen and oxygen atoms in total. The molecular weight excluding hydrogens is 682 g/mol. The topological polar surface area (TPSA) is 156 Å². The Morgan fingerprint density at radius 3 is 2.36 bits per heavy atom. The molecule has 0 unspecified atom stereocenters. The predicted molar refractivity (Wildman–Crippen MR) is 177 cm³/mol. The summed E-state index contributed by atoms with van der Waals surface area (Å²) in [5, 5.41) is 12.7. The van der Waals surface area contributed by atoms with Gasteiger partial charge in [-0.05, 0) is 54.5 Å². The number of alkyl carbamates (subject to hydrolysis) is 1. The number of guanidine groups is 1. The van der Waals surface area contributed by atoms with Crippen molar-refractivity contribution in [2.24, 2.45) is 16.1 Å². The van der Waals surface area contributed by atoms with Gasteiger partial charge < -0.3 is 15.8 Å². The van der Waals surface area contributed by atoms with Gasteiger partial charge >= 0.3 is 12.6 Å². The van der Waals surface area contributed by atoms with Crippen LogP contribution in [0, 0.1) is 5.41 Å². The number of rotatable bonds is 11. The van der Waals surface area contributed by atoms with E-state index in [4.69, 9.17) is 27.1 Å². The maximum absolute atomic E-state index is 14.8. The Morgan fingerprint density at radius 2 is 1.78 bits per heavy atom. The number of amides is 2. The number of hydrogen-bond donors (Lipinski definition) is 3. The first kappa shape index (κ1) is 36.3. The second-order valence-electron chi connectivity index (χ2n) is 13.6. The molecule has 1 aliphatic heterocycles. The van der Waals surface area contributed by atoms with E-state index in [0.717, 1.165) is 13.8 Å². The summed E-state index contributed by atoms with van der Waals surface area (Å²) in [6.45, 7) is 4.77. The molecule has 0 bridgehead atoms. The molecule has 2 aromatic heterocycles. The van der Waals surface area contributed by atoms with Crippen molar-refractivity contribution in [2.45, 2.75) is 71.1 Å². The molecule has 1 aliphatic rings. The summed E-state index contributed by atoms with van der Waals surface area (Å²) in [4.78, 5) is 37.7. The average molecular weight is 718 g/mol. The molecular formula is C33H36ClF4N9O3. The standard InChI is InChI=1S/C33H36ClF4N9O3/c1-31(2,3)16-33(21-9-6-18(7-10-21)20-13-42-46(14-20)28(37)38)27(48)47(29(39)43-33)24(15-50-30(49)44-32(4,5)26(35)36)19-8-11-23(34)22(12-19)25-40-17-41-45-25/h6-14,17,24,26,28H,15-16H2,1-5H3,(H2,39,43)(H,44,49)(H,40,41,45)/t24-,33-/m1/s1. The zero-order valence-corrected chi connectivity index (χ0v) is 28.6. The van der Waals surface area contributed by atoms with E-state index in [0.29, 0.717) is 43.3 Å². The Hall–Kier alpha value is -4.99. The molecule has 0 fully saturated rings. The fourth-order valence-electron chi connectivity index (χ4n) is 5.70. The van der Waals surface area contributed by atoms with Crippen molar-refractivity contribution < 1.29 is 31.9 Å². The zero-order chi connectivity index (χ0) is 36.6. The number of aromatic nitrogens is 5. The lowest BCUT2D eigenvalue weighted by Gasteiger charge is -2.35. The van der Waals surface area contributed by atoms with E-state index < -0.39 is 54.1 Å². The number of nitrogens with two attached hydrogens (primary N) is 1. The number of carbonyl (C=O) groups excluding carboxylic acids is 2. The summed E-state index contributed by atoms with van der Waals surface area (Å²) in [5.74, 6) is -0.399. The van der Waals surface area contributed by atoms with Crippen molar-refractivity contribution in [3.8, 4) is 22.5 Å². The van der Waals surface area contributed by atoms with Crippen LogP contribution < -0.4 is 11.1 Å². The van der Waals surface area contributed by atoms with E-state index in [1.165, 1.54) is 23.6 Å². The van der Waals surface area contributed by atoms with Crippen molar-refractivity contribution in [3.05, 3.63) is 77.3 Å². The highest BCUT2D eigenvalue weighted by molar-refractivity contribution is 6.33. The van der Waals surface area contributed by atoms with Crippen molar-refractivity contribution in [2.75, 3.05) is 6.61 Å². The monoisotopic (exact) mass is 717 g/mol. The fourth-order valence-corrected chi connectivity index (χ4v) is 5.91.